The Bertz CT molecular complexity index is 337. The van der Waals surface area contributed by atoms with Crippen molar-refractivity contribution in [3.8, 4) is 0 Å². The van der Waals surface area contributed by atoms with E-state index in [9.17, 15) is 0 Å². The van der Waals surface area contributed by atoms with Gasteiger partial charge in [-0.15, -0.1) is 5.10 Å². The number of hydrogen-bond acceptors (Lipinski definition) is 3. The molecule has 1 aromatic heterocycles. The molecule has 0 aliphatic carbocycles. The van der Waals surface area contributed by atoms with Crippen LogP contribution in [0.1, 0.15) is 18.5 Å². The zero-order valence-electron chi connectivity index (χ0n) is 8.34. The summed E-state index contributed by atoms with van der Waals surface area (Å²) in [6.45, 7) is 2.19. The second kappa shape index (κ2) is 5.10. The summed E-state index contributed by atoms with van der Waals surface area (Å²) in [6, 6.07) is 1.81. The van der Waals surface area contributed by atoms with Gasteiger partial charge < -0.3 is 5.32 Å². The molecule has 0 bridgehead atoms. The van der Waals surface area contributed by atoms with Crippen molar-refractivity contribution in [3.05, 3.63) is 21.9 Å². The lowest BCUT2D eigenvalue weighted by atomic mass is 9.95. The van der Waals surface area contributed by atoms with Crippen LogP contribution in [0.25, 0.3) is 0 Å². The summed E-state index contributed by atoms with van der Waals surface area (Å²) >= 11 is 11.6. The minimum atomic E-state index is 0.280. The van der Waals surface area contributed by atoms with Gasteiger partial charge in [-0.05, 0) is 44.3 Å². The van der Waals surface area contributed by atoms with E-state index in [2.05, 4.69) is 15.5 Å². The largest absolute Gasteiger partial charge is 0.316 e. The number of hydrogen-bond donors (Lipinski definition) is 1. The molecule has 1 saturated heterocycles. The summed E-state index contributed by atoms with van der Waals surface area (Å²) in [5, 5.41) is 12.0. The number of nitrogens with one attached hydrogen (secondary N) is 1. The van der Waals surface area contributed by atoms with Crippen molar-refractivity contribution < 1.29 is 0 Å². The van der Waals surface area contributed by atoms with E-state index in [1.165, 1.54) is 12.8 Å². The van der Waals surface area contributed by atoms with Crippen LogP contribution in [-0.2, 0) is 6.42 Å². The molecule has 1 atom stereocenters. The molecule has 5 heteroatoms. The van der Waals surface area contributed by atoms with E-state index in [-0.39, 0.29) is 5.15 Å². The highest BCUT2D eigenvalue weighted by molar-refractivity contribution is 6.41. The van der Waals surface area contributed by atoms with Gasteiger partial charge in [0.1, 0.15) is 0 Å². The van der Waals surface area contributed by atoms with E-state index in [0.717, 1.165) is 25.2 Å². The maximum absolute atomic E-state index is 5.88. The van der Waals surface area contributed by atoms with Crippen LogP contribution in [0.3, 0.4) is 0 Å². The van der Waals surface area contributed by atoms with Crippen LogP contribution in [0.15, 0.2) is 6.07 Å². The third kappa shape index (κ3) is 3.03. The van der Waals surface area contributed by atoms with Gasteiger partial charge in [-0.1, -0.05) is 23.2 Å². The summed E-state index contributed by atoms with van der Waals surface area (Å²) in [7, 11) is 0. The zero-order chi connectivity index (χ0) is 10.7. The van der Waals surface area contributed by atoms with Crippen molar-refractivity contribution in [1.82, 2.24) is 15.5 Å². The molecule has 3 nitrogen and oxygen atoms in total. The smallest absolute Gasteiger partial charge is 0.170 e. The molecule has 0 amide bonds. The molecule has 1 aliphatic rings. The van der Waals surface area contributed by atoms with Gasteiger partial charge in [0.15, 0.2) is 5.15 Å². The third-order valence-electron chi connectivity index (χ3n) is 2.65. The van der Waals surface area contributed by atoms with Crippen molar-refractivity contribution in [1.29, 1.82) is 0 Å². The predicted molar refractivity (Wildman–Crippen MR) is 61.3 cm³/mol. The van der Waals surface area contributed by atoms with Gasteiger partial charge in [-0.25, -0.2) is 0 Å². The fourth-order valence-electron chi connectivity index (χ4n) is 1.88. The van der Waals surface area contributed by atoms with E-state index in [1.807, 2.05) is 6.07 Å². The van der Waals surface area contributed by atoms with Gasteiger partial charge in [0.05, 0.1) is 10.7 Å². The topological polar surface area (TPSA) is 37.8 Å². The summed E-state index contributed by atoms with van der Waals surface area (Å²) in [4.78, 5) is 0. The fraction of sp³-hybridized carbons (Fsp3) is 0.600. The quantitative estimate of drug-likeness (QED) is 0.870. The van der Waals surface area contributed by atoms with Gasteiger partial charge in [0.25, 0.3) is 0 Å². The lowest BCUT2D eigenvalue weighted by Crippen LogP contribution is -2.31. The van der Waals surface area contributed by atoms with Crippen molar-refractivity contribution in [2.24, 2.45) is 5.92 Å². The molecular formula is C10H13Cl2N3. The summed E-state index contributed by atoms with van der Waals surface area (Å²) in [5.41, 5.74) is 0.929. The van der Waals surface area contributed by atoms with Crippen LogP contribution in [0.2, 0.25) is 10.2 Å². The number of nitrogens with zero attached hydrogens (tertiary/aromatic N) is 2. The van der Waals surface area contributed by atoms with Gasteiger partial charge in [0, 0.05) is 0 Å². The number of rotatable bonds is 2. The van der Waals surface area contributed by atoms with Gasteiger partial charge in [-0.3, -0.25) is 0 Å². The Hall–Kier alpha value is -0.380. The molecule has 1 aliphatic heterocycles. The maximum Gasteiger partial charge on any atom is 0.170 e. The van der Waals surface area contributed by atoms with E-state index >= 15 is 0 Å². The second-order valence-electron chi connectivity index (χ2n) is 3.89. The Kier molecular flexibility index (Phi) is 3.78. The van der Waals surface area contributed by atoms with Gasteiger partial charge >= 0.3 is 0 Å². The Morgan fingerprint density at radius 3 is 2.93 bits per heavy atom. The van der Waals surface area contributed by atoms with Crippen molar-refractivity contribution in [2.45, 2.75) is 19.3 Å². The van der Waals surface area contributed by atoms with Crippen LogP contribution in [0, 0.1) is 5.92 Å². The molecule has 1 unspecified atom stereocenters. The lowest BCUT2D eigenvalue weighted by Gasteiger charge is -2.22. The molecule has 0 aromatic carbocycles. The van der Waals surface area contributed by atoms with E-state index in [0.29, 0.717) is 10.9 Å². The van der Waals surface area contributed by atoms with Crippen LogP contribution in [0.4, 0.5) is 0 Å². The molecule has 0 spiro atoms. The zero-order valence-corrected chi connectivity index (χ0v) is 9.85. The van der Waals surface area contributed by atoms with Gasteiger partial charge in [-0.2, -0.15) is 5.10 Å². The van der Waals surface area contributed by atoms with Crippen molar-refractivity contribution in [2.75, 3.05) is 13.1 Å². The first-order chi connectivity index (χ1) is 7.25. The average molecular weight is 246 g/mol. The van der Waals surface area contributed by atoms with Crippen molar-refractivity contribution >= 4 is 23.2 Å². The Morgan fingerprint density at radius 2 is 2.27 bits per heavy atom. The highest BCUT2D eigenvalue weighted by Gasteiger charge is 2.15. The SMILES string of the molecule is Clc1cc(CC2CCCNC2)nnc1Cl. The van der Waals surface area contributed by atoms with E-state index < -0.39 is 0 Å². The first-order valence-electron chi connectivity index (χ1n) is 5.14. The summed E-state index contributed by atoms with van der Waals surface area (Å²) in [6.07, 6.45) is 3.41. The van der Waals surface area contributed by atoms with Crippen molar-refractivity contribution in [3.63, 3.8) is 0 Å². The molecule has 1 fully saturated rings. The van der Waals surface area contributed by atoms with Crippen LogP contribution < -0.4 is 5.32 Å². The minimum Gasteiger partial charge on any atom is -0.316 e. The monoisotopic (exact) mass is 245 g/mol. The molecule has 82 valence electrons. The molecule has 0 radical (unpaired) electrons. The molecule has 15 heavy (non-hydrogen) atoms. The van der Waals surface area contributed by atoms with E-state index in [1.54, 1.807) is 0 Å². The van der Waals surface area contributed by atoms with Crippen LogP contribution >= 0.6 is 23.2 Å². The molecule has 0 saturated carbocycles. The molecule has 1 aromatic rings. The number of aromatic nitrogens is 2. The standard InChI is InChI=1S/C10H13Cl2N3/c11-9-5-8(14-15-10(9)12)4-7-2-1-3-13-6-7/h5,7,13H,1-4,6H2. The van der Waals surface area contributed by atoms with Crippen LogP contribution in [0.5, 0.6) is 0 Å². The molecule has 1 N–H and O–H groups in total. The van der Waals surface area contributed by atoms with E-state index in [4.69, 9.17) is 23.2 Å². The highest BCUT2D eigenvalue weighted by Crippen LogP contribution is 2.21. The Balaban J connectivity index is 2.00. The molecule has 2 heterocycles. The lowest BCUT2D eigenvalue weighted by molar-refractivity contribution is 0.372. The Morgan fingerprint density at radius 1 is 1.40 bits per heavy atom. The molecule has 2 rings (SSSR count). The fourth-order valence-corrected chi connectivity index (χ4v) is 2.14. The predicted octanol–water partition coefficient (Wildman–Crippen LogP) is 2.33. The third-order valence-corrected chi connectivity index (χ3v) is 3.32. The number of piperidine rings is 1. The highest BCUT2D eigenvalue weighted by atomic mass is 35.5. The normalized spacial score (nSPS) is 21.6. The summed E-state index contributed by atoms with van der Waals surface area (Å²) in [5.74, 6) is 0.644. The first-order valence-corrected chi connectivity index (χ1v) is 5.89. The second-order valence-corrected chi connectivity index (χ2v) is 4.66. The summed E-state index contributed by atoms with van der Waals surface area (Å²) < 4.78 is 0. The number of halogens is 2. The minimum absolute atomic E-state index is 0.280. The maximum atomic E-state index is 5.88. The Labute approximate surface area is 99.2 Å². The van der Waals surface area contributed by atoms with Crippen LogP contribution in [-0.4, -0.2) is 23.3 Å². The van der Waals surface area contributed by atoms with Gasteiger partial charge in [0.2, 0.25) is 0 Å². The molecular weight excluding hydrogens is 233 g/mol. The first kappa shape index (κ1) is 11.1. The average Bonchev–Trinajstić information content (AvgIpc) is 2.25.